The first kappa shape index (κ1) is 23.2. The summed E-state index contributed by atoms with van der Waals surface area (Å²) in [5.41, 5.74) is 1.11. The molecular weight excluding hydrogens is 437 g/mol. The van der Waals surface area contributed by atoms with Gasteiger partial charge in [0.15, 0.2) is 5.96 Å². The molecule has 24 heavy (non-hydrogen) atoms. The van der Waals surface area contributed by atoms with Crippen molar-refractivity contribution in [2.75, 3.05) is 26.0 Å². The van der Waals surface area contributed by atoms with E-state index in [1.165, 1.54) is 0 Å². The van der Waals surface area contributed by atoms with E-state index in [1.807, 2.05) is 52.0 Å². The third kappa shape index (κ3) is 8.86. The van der Waals surface area contributed by atoms with Crippen molar-refractivity contribution in [2.45, 2.75) is 39.0 Å². The zero-order valence-electron chi connectivity index (χ0n) is 15.2. The highest BCUT2D eigenvalue weighted by Gasteiger charge is 2.18. The zero-order valence-corrected chi connectivity index (χ0v) is 18.4. The first-order valence-electron chi connectivity index (χ1n) is 7.90. The van der Waals surface area contributed by atoms with Crippen molar-refractivity contribution in [1.82, 2.24) is 10.6 Å². The summed E-state index contributed by atoms with van der Waals surface area (Å²) in [5.74, 6) is 2.19. The van der Waals surface area contributed by atoms with Crippen LogP contribution in [0.1, 0.15) is 33.3 Å². The molecule has 2 N–H and O–H groups in total. The summed E-state index contributed by atoms with van der Waals surface area (Å²) in [6.07, 6.45) is 0. The van der Waals surface area contributed by atoms with Crippen LogP contribution < -0.4 is 15.4 Å². The second-order valence-corrected chi connectivity index (χ2v) is 8.46. The van der Waals surface area contributed by atoms with Gasteiger partial charge in [-0.25, -0.2) is 4.99 Å². The fourth-order valence-corrected chi connectivity index (χ4v) is 2.71. The molecule has 1 atom stereocenters. The lowest BCUT2D eigenvalue weighted by atomic mass is 10.2. The average molecular weight is 467 g/mol. The second kappa shape index (κ2) is 11.7. The number of methoxy groups -OCH3 is 1. The van der Waals surface area contributed by atoms with Crippen LogP contribution in [-0.2, 0) is 17.3 Å². The van der Waals surface area contributed by atoms with Gasteiger partial charge in [-0.05, 0) is 45.4 Å². The number of aliphatic imine (C=N–C) groups is 1. The molecule has 0 spiro atoms. The zero-order chi connectivity index (χ0) is 17.3. The fourth-order valence-electron chi connectivity index (χ4n) is 1.81. The Morgan fingerprint density at radius 1 is 1.21 bits per heavy atom. The Morgan fingerprint density at radius 3 is 2.33 bits per heavy atom. The molecule has 0 fully saturated rings. The van der Waals surface area contributed by atoms with Crippen LogP contribution in [-0.4, -0.2) is 40.9 Å². The van der Waals surface area contributed by atoms with E-state index in [-0.39, 0.29) is 28.7 Å². The third-order valence-electron chi connectivity index (χ3n) is 3.19. The Labute approximate surface area is 165 Å². The van der Waals surface area contributed by atoms with Crippen LogP contribution in [0.4, 0.5) is 0 Å². The fraction of sp³-hybridized carbons (Fsp3) is 0.588. The predicted octanol–water partition coefficient (Wildman–Crippen LogP) is 2.92. The van der Waals surface area contributed by atoms with E-state index in [2.05, 4.69) is 15.6 Å². The molecule has 138 valence electrons. The first-order valence-corrected chi connectivity index (χ1v) is 9.22. The molecule has 1 aromatic rings. The van der Waals surface area contributed by atoms with Crippen LogP contribution in [0.25, 0.3) is 0 Å². The minimum absolute atomic E-state index is 0. The van der Waals surface area contributed by atoms with E-state index in [9.17, 15) is 4.21 Å². The van der Waals surface area contributed by atoms with Crippen LogP contribution in [0.15, 0.2) is 29.3 Å². The summed E-state index contributed by atoms with van der Waals surface area (Å²) in [6.45, 7) is 10.0. The van der Waals surface area contributed by atoms with E-state index >= 15 is 0 Å². The maximum Gasteiger partial charge on any atom is 0.191 e. The van der Waals surface area contributed by atoms with Gasteiger partial charge in [0.2, 0.25) is 0 Å². The van der Waals surface area contributed by atoms with Gasteiger partial charge in [-0.1, -0.05) is 12.1 Å². The van der Waals surface area contributed by atoms with Gasteiger partial charge in [0.1, 0.15) is 5.75 Å². The van der Waals surface area contributed by atoms with Gasteiger partial charge in [-0.15, -0.1) is 24.0 Å². The van der Waals surface area contributed by atoms with E-state index in [4.69, 9.17) is 4.74 Å². The van der Waals surface area contributed by atoms with Crippen LogP contribution in [0.5, 0.6) is 5.75 Å². The number of nitrogens with one attached hydrogen (secondary N) is 2. The quantitative estimate of drug-likeness (QED) is 0.368. The van der Waals surface area contributed by atoms with Gasteiger partial charge in [-0.3, -0.25) is 4.21 Å². The van der Waals surface area contributed by atoms with E-state index in [0.717, 1.165) is 23.8 Å². The van der Waals surface area contributed by atoms with Crippen LogP contribution in [0.2, 0.25) is 0 Å². The van der Waals surface area contributed by atoms with Crippen molar-refractivity contribution < 1.29 is 8.95 Å². The molecule has 0 amide bonds. The average Bonchev–Trinajstić information content (AvgIpc) is 2.52. The minimum atomic E-state index is -0.861. The molecule has 1 unspecified atom stereocenters. The molecule has 0 heterocycles. The topological polar surface area (TPSA) is 62.7 Å². The Kier molecular flexibility index (Phi) is 11.3. The van der Waals surface area contributed by atoms with Gasteiger partial charge in [0, 0.05) is 34.4 Å². The van der Waals surface area contributed by atoms with Crippen LogP contribution >= 0.6 is 24.0 Å². The lowest BCUT2D eigenvalue weighted by molar-refractivity contribution is 0.414. The second-order valence-electron chi connectivity index (χ2n) is 6.13. The van der Waals surface area contributed by atoms with Crippen LogP contribution in [0.3, 0.4) is 0 Å². The number of benzene rings is 1. The molecule has 0 radical (unpaired) electrons. The van der Waals surface area contributed by atoms with Gasteiger partial charge in [0.05, 0.1) is 13.7 Å². The lowest BCUT2D eigenvalue weighted by Crippen LogP contribution is -2.40. The highest BCUT2D eigenvalue weighted by Crippen LogP contribution is 2.12. The Morgan fingerprint density at radius 2 is 1.83 bits per heavy atom. The number of nitrogens with zero attached hydrogens (tertiary/aromatic N) is 1. The largest absolute Gasteiger partial charge is 0.497 e. The molecule has 0 aliphatic heterocycles. The summed E-state index contributed by atoms with van der Waals surface area (Å²) in [4.78, 5) is 4.55. The molecule has 0 aromatic heterocycles. The van der Waals surface area contributed by atoms with Crippen molar-refractivity contribution in [3.05, 3.63) is 29.8 Å². The van der Waals surface area contributed by atoms with Gasteiger partial charge in [-0.2, -0.15) is 0 Å². The van der Waals surface area contributed by atoms with Gasteiger partial charge >= 0.3 is 0 Å². The summed E-state index contributed by atoms with van der Waals surface area (Å²) in [5, 5.41) is 6.44. The standard InChI is InChI=1S/C17H29N3O2S.HI/c1-6-18-16(19-11-12-23(21)17(2,3)4)20-13-14-7-9-15(22-5)10-8-14;/h7-10H,6,11-13H2,1-5H3,(H2,18,19,20);1H. The van der Waals surface area contributed by atoms with E-state index in [0.29, 0.717) is 18.8 Å². The first-order chi connectivity index (χ1) is 10.9. The normalized spacial score (nSPS) is 13.0. The highest BCUT2D eigenvalue weighted by atomic mass is 127. The molecule has 0 saturated carbocycles. The molecule has 5 nitrogen and oxygen atoms in total. The molecule has 1 aromatic carbocycles. The molecule has 0 saturated heterocycles. The number of ether oxygens (including phenoxy) is 1. The molecule has 0 aliphatic rings. The highest BCUT2D eigenvalue weighted by molar-refractivity contribution is 14.0. The van der Waals surface area contributed by atoms with Crippen molar-refractivity contribution >= 4 is 40.7 Å². The molecule has 0 aliphatic carbocycles. The van der Waals surface area contributed by atoms with Gasteiger partial charge in [0.25, 0.3) is 0 Å². The molecule has 7 heteroatoms. The Bertz CT molecular complexity index is 528. The smallest absolute Gasteiger partial charge is 0.191 e. The lowest BCUT2D eigenvalue weighted by Gasteiger charge is -2.18. The molecule has 1 rings (SSSR count). The Hall–Kier alpha value is -0.830. The molecule has 0 bridgehead atoms. The van der Waals surface area contributed by atoms with Crippen molar-refractivity contribution in [3.63, 3.8) is 0 Å². The number of guanidine groups is 1. The Balaban J connectivity index is 0.00000529. The van der Waals surface area contributed by atoms with Gasteiger partial charge < -0.3 is 15.4 Å². The summed E-state index contributed by atoms with van der Waals surface area (Å²) >= 11 is 0. The SMILES string of the molecule is CCNC(=NCc1ccc(OC)cc1)NCCS(=O)C(C)(C)C.I. The monoisotopic (exact) mass is 467 g/mol. The molecular formula is C17H30IN3O2S. The summed E-state index contributed by atoms with van der Waals surface area (Å²) in [6, 6.07) is 7.86. The summed E-state index contributed by atoms with van der Waals surface area (Å²) in [7, 11) is 0.794. The maximum absolute atomic E-state index is 12.0. The van der Waals surface area contributed by atoms with Crippen molar-refractivity contribution in [2.24, 2.45) is 4.99 Å². The minimum Gasteiger partial charge on any atom is -0.497 e. The van der Waals surface area contributed by atoms with E-state index < -0.39 is 10.8 Å². The van der Waals surface area contributed by atoms with Crippen molar-refractivity contribution in [1.29, 1.82) is 0 Å². The third-order valence-corrected chi connectivity index (χ3v) is 5.13. The summed E-state index contributed by atoms with van der Waals surface area (Å²) < 4.78 is 17.0. The predicted molar refractivity (Wildman–Crippen MR) is 114 cm³/mol. The van der Waals surface area contributed by atoms with Crippen LogP contribution in [0, 0.1) is 0 Å². The number of hydrogen-bond donors (Lipinski definition) is 2. The van der Waals surface area contributed by atoms with E-state index in [1.54, 1.807) is 7.11 Å². The number of hydrogen-bond acceptors (Lipinski definition) is 3. The number of rotatable bonds is 7. The number of halogens is 1. The maximum atomic E-state index is 12.0. The van der Waals surface area contributed by atoms with Crippen molar-refractivity contribution in [3.8, 4) is 5.75 Å².